The number of piperidine rings is 1. The molecule has 1 aromatic carbocycles. The van der Waals surface area contributed by atoms with Gasteiger partial charge in [0.2, 0.25) is 11.8 Å². The van der Waals surface area contributed by atoms with Gasteiger partial charge in [0.25, 0.3) is 5.91 Å². The highest BCUT2D eigenvalue weighted by Crippen LogP contribution is 2.27. The monoisotopic (exact) mass is 547 g/mol. The van der Waals surface area contributed by atoms with Crippen molar-refractivity contribution in [2.24, 2.45) is 5.73 Å². The number of pyridine rings is 1. The van der Waals surface area contributed by atoms with Crippen LogP contribution < -0.4 is 10.5 Å². The van der Waals surface area contributed by atoms with E-state index in [1.54, 1.807) is 19.1 Å². The second-order valence-corrected chi connectivity index (χ2v) is 11.4. The van der Waals surface area contributed by atoms with Crippen molar-refractivity contribution in [2.75, 3.05) is 19.3 Å². The summed E-state index contributed by atoms with van der Waals surface area (Å²) in [5.41, 5.74) is 7.35. The molecule has 2 N–H and O–H groups in total. The van der Waals surface area contributed by atoms with Gasteiger partial charge in [-0.2, -0.15) is 5.10 Å². The predicted molar refractivity (Wildman–Crippen MR) is 134 cm³/mol. The SMILES string of the molecule is Cc1ccc(CC(=O)N2CC[C@@H](Oc3ncc(-c4cnn(CS(C)(=O)=O)c4)cc3C(N)=O)[C@@H](F)C2)cc1F. The zero-order chi connectivity index (χ0) is 27.6. The van der Waals surface area contributed by atoms with Gasteiger partial charge in [0.05, 0.1) is 19.2 Å². The third-order valence-electron chi connectivity index (χ3n) is 6.14. The second-order valence-electron chi connectivity index (χ2n) is 9.33. The summed E-state index contributed by atoms with van der Waals surface area (Å²) in [6, 6.07) is 5.97. The number of likely N-dealkylation sites (tertiary alicyclic amines) is 1. The first-order valence-electron chi connectivity index (χ1n) is 11.7. The van der Waals surface area contributed by atoms with Crippen LogP contribution in [0.15, 0.2) is 42.9 Å². The molecule has 38 heavy (non-hydrogen) atoms. The summed E-state index contributed by atoms with van der Waals surface area (Å²) in [5, 5.41) is 4.00. The van der Waals surface area contributed by atoms with Gasteiger partial charge in [0.15, 0.2) is 16.0 Å². The van der Waals surface area contributed by atoms with Crippen LogP contribution in [-0.4, -0.2) is 71.5 Å². The summed E-state index contributed by atoms with van der Waals surface area (Å²) in [6.07, 6.45) is 2.94. The molecule has 0 saturated carbocycles. The zero-order valence-electron chi connectivity index (χ0n) is 20.8. The van der Waals surface area contributed by atoms with Gasteiger partial charge < -0.3 is 15.4 Å². The van der Waals surface area contributed by atoms with Crippen molar-refractivity contribution < 1.29 is 31.5 Å². The number of benzene rings is 1. The fourth-order valence-corrected chi connectivity index (χ4v) is 4.74. The first kappa shape index (κ1) is 27.2. The number of nitrogens with zero attached hydrogens (tertiary/aromatic N) is 4. The van der Waals surface area contributed by atoms with Crippen LogP contribution in [0.5, 0.6) is 5.88 Å². The molecule has 0 radical (unpaired) electrons. The molecule has 202 valence electrons. The van der Waals surface area contributed by atoms with Crippen LogP contribution in [0, 0.1) is 12.7 Å². The fourth-order valence-electron chi connectivity index (χ4n) is 4.12. The number of rotatable bonds is 8. The number of carbonyl (C=O) groups excluding carboxylic acids is 2. The number of sulfone groups is 1. The van der Waals surface area contributed by atoms with Crippen molar-refractivity contribution in [3.63, 3.8) is 0 Å². The number of nitrogens with two attached hydrogens (primary N) is 1. The van der Waals surface area contributed by atoms with Gasteiger partial charge in [0.1, 0.15) is 23.4 Å². The van der Waals surface area contributed by atoms with Gasteiger partial charge in [-0.15, -0.1) is 0 Å². The second kappa shape index (κ2) is 10.9. The molecule has 1 aliphatic rings. The minimum Gasteiger partial charge on any atom is -0.471 e. The number of hydrogen-bond donors (Lipinski definition) is 1. The summed E-state index contributed by atoms with van der Waals surface area (Å²) in [6.45, 7) is 1.62. The van der Waals surface area contributed by atoms with Gasteiger partial charge in [-0.1, -0.05) is 12.1 Å². The standard InChI is InChI=1S/C25H27F2N5O5S/c1-15-3-4-16(7-20(15)26)8-23(33)31-6-5-22(21(27)13-31)37-25-19(24(28)34)9-17(10-29-25)18-11-30-32(12-18)14-38(2,35)36/h3-4,7,9-12,21-22H,5-6,8,13-14H2,1-2H3,(H2,28,34)/t21-,22+/m0/s1. The van der Waals surface area contributed by atoms with Crippen molar-refractivity contribution in [1.29, 1.82) is 0 Å². The highest BCUT2D eigenvalue weighted by atomic mass is 32.2. The Hall–Kier alpha value is -3.87. The maximum atomic E-state index is 15.0. The Balaban J connectivity index is 1.43. The molecule has 2 amide bonds. The van der Waals surface area contributed by atoms with E-state index in [1.165, 1.54) is 40.3 Å². The number of aryl methyl sites for hydroxylation is 1. The zero-order valence-corrected chi connectivity index (χ0v) is 21.6. The van der Waals surface area contributed by atoms with E-state index in [0.717, 1.165) is 6.26 Å². The van der Waals surface area contributed by atoms with Gasteiger partial charge in [-0.25, -0.2) is 22.2 Å². The number of alkyl halides is 1. The van der Waals surface area contributed by atoms with Crippen molar-refractivity contribution in [2.45, 2.75) is 37.9 Å². The first-order chi connectivity index (χ1) is 17.9. The van der Waals surface area contributed by atoms with Crippen LogP contribution in [0.3, 0.4) is 0 Å². The molecule has 1 aliphatic heterocycles. The smallest absolute Gasteiger partial charge is 0.254 e. The van der Waals surface area contributed by atoms with Gasteiger partial charge >= 0.3 is 0 Å². The van der Waals surface area contributed by atoms with E-state index < -0.39 is 33.8 Å². The molecular formula is C25H27F2N5O5S. The number of halogens is 2. The average molecular weight is 548 g/mol. The Morgan fingerprint density at radius 1 is 1.21 bits per heavy atom. The molecule has 1 fully saturated rings. The summed E-state index contributed by atoms with van der Waals surface area (Å²) in [4.78, 5) is 30.3. The Morgan fingerprint density at radius 2 is 1.97 bits per heavy atom. The Labute approximate surface area is 218 Å². The van der Waals surface area contributed by atoms with Crippen LogP contribution in [0.2, 0.25) is 0 Å². The molecule has 1 saturated heterocycles. The lowest BCUT2D eigenvalue weighted by molar-refractivity contribution is -0.134. The van der Waals surface area contributed by atoms with Crippen molar-refractivity contribution in [3.8, 4) is 17.0 Å². The number of hydrogen-bond acceptors (Lipinski definition) is 7. The Bertz CT molecular complexity index is 1480. The van der Waals surface area contributed by atoms with E-state index >= 15 is 4.39 Å². The van der Waals surface area contributed by atoms with Crippen molar-refractivity contribution >= 4 is 21.7 Å². The molecule has 4 rings (SSSR count). The van der Waals surface area contributed by atoms with Crippen LogP contribution in [0.25, 0.3) is 11.1 Å². The molecule has 3 heterocycles. The third-order valence-corrected chi connectivity index (χ3v) is 6.87. The minimum absolute atomic E-state index is 0.0505. The molecule has 0 unspecified atom stereocenters. The van der Waals surface area contributed by atoms with Gasteiger partial charge in [-0.3, -0.25) is 14.3 Å². The Morgan fingerprint density at radius 3 is 2.63 bits per heavy atom. The quantitative estimate of drug-likeness (QED) is 0.456. The molecule has 0 bridgehead atoms. The summed E-state index contributed by atoms with van der Waals surface area (Å²) >= 11 is 0. The number of amides is 2. The van der Waals surface area contributed by atoms with E-state index in [4.69, 9.17) is 10.5 Å². The number of aromatic nitrogens is 3. The molecule has 2 atom stereocenters. The normalized spacial score (nSPS) is 17.8. The molecule has 2 aromatic heterocycles. The predicted octanol–water partition coefficient (Wildman–Crippen LogP) is 2.05. The Kier molecular flexibility index (Phi) is 7.76. The van der Waals surface area contributed by atoms with E-state index in [-0.39, 0.29) is 49.2 Å². The van der Waals surface area contributed by atoms with E-state index in [1.807, 2.05) is 0 Å². The summed E-state index contributed by atoms with van der Waals surface area (Å²) in [7, 11) is -3.31. The summed E-state index contributed by atoms with van der Waals surface area (Å²) in [5.74, 6) is -2.03. The molecule has 0 aliphatic carbocycles. The highest BCUT2D eigenvalue weighted by Gasteiger charge is 2.34. The lowest BCUT2D eigenvalue weighted by atomic mass is 10.0. The highest BCUT2D eigenvalue weighted by molar-refractivity contribution is 7.89. The lowest BCUT2D eigenvalue weighted by Gasteiger charge is -2.34. The average Bonchev–Trinajstić information content (AvgIpc) is 3.29. The van der Waals surface area contributed by atoms with Crippen LogP contribution >= 0.6 is 0 Å². The molecule has 0 spiro atoms. The van der Waals surface area contributed by atoms with E-state index in [2.05, 4.69) is 10.1 Å². The van der Waals surface area contributed by atoms with E-state index in [9.17, 15) is 22.4 Å². The maximum Gasteiger partial charge on any atom is 0.254 e. The van der Waals surface area contributed by atoms with Crippen molar-refractivity contribution in [1.82, 2.24) is 19.7 Å². The molecule has 10 nitrogen and oxygen atoms in total. The largest absolute Gasteiger partial charge is 0.471 e. The first-order valence-corrected chi connectivity index (χ1v) is 13.8. The lowest BCUT2D eigenvalue weighted by Crippen LogP contribution is -2.49. The van der Waals surface area contributed by atoms with Crippen LogP contribution in [-0.2, 0) is 26.9 Å². The number of ether oxygens (including phenoxy) is 1. The van der Waals surface area contributed by atoms with Gasteiger partial charge in [0, 0.05) is 42.7 Å². The van der Waals surface area contributed by atoms with Crippen molar-refractivity contribution in [3.05, 3.63) is 65.4 Å². The fraction of sp³-hybridized carbons (Fsp3) is 0.360. The minimum atomic E-state index is -3.31. The van der Waals surface area contributed by atoms with Gasteiger partial charge in [-0.05, 0) is 30.2 Å². The van der Waals surface area contributed by atoms with E-state index in [0.29, 0.717) is 22.3 Å². The molecule has 13 heteroatoms. The van der Waals surface area contributed by atoms with Crippen LogP contribution in [0.1, 0.15) is 27.9 Å². The topological polar surface area (TPSA) is 137 Å². The molecule has 3 aromatic rings. The summed E-state index contributed by atoms with van der Waals surface area (Å²) < 4.78 is 58.8. The maximum absolute atomic E-state index is 15.0. The number of primary amides is 1. The number of carbonyl (C=O) groups is 2. The third kappa shape index (κ3) is 6.52. The molecular weight excluding hydrogens is 520 g/mol. The van der Waals surface area contributed by atoms with Crippen LogP contribution in [0.4, 0.5) is 8.78 Å².